The summed E-state index contributed by atoms with van der Waals surface area (Å²) in [6.07, 6.45) is -0.935. The zero-order valence-electron chi connectivity index (χ0n) is 17.4. The molecule has 0 amide bonds. The normalized spacial score (nSPS) is 11.6. The Balaban J connectivity index is 1.85. The summed E-state index contributed by atoms with van der Waals surface area (Å²) in [4.78, 5) is 23.5. The minimum absolute atomic E-state index is 0.0606. The zero-order valence-corrected chi connectivity index (χ0v) is 17.4. The van der Waals surface area contributed by atoms with Crippen molar-refractivity contribution in [3.63, 3.8) is 0 Å². The molecule has 0 N–H and O–H groups in total. The molecule has 0 bridgehead atoms. The maximum atomic E-state index is 12.7. The van der Waals surface area contributed by atoms with Gasteiger partial charge in [0.15, 0.2) is 17.6 Å². The fourth-order valence-electron chi connectivity index (χ4n) is 2.86. The monoisotopic (exact) mass is 427 g/mol. The van der Waals surface area contributed by atoms with Crippen molar-refractivity contribution in [2.75, 3.05) is 13.7 Å². The first-order valence-corrected chi connectivity index (χ1v) is 9.44. The van der Waals surface area contributed by atoms with Crippen LogP contribution in [0.25, 0.3) is 11.5 Å². The van der Waals surface area contributed by atoms with Crippen LogP contribution in [0, 0.1) is 17.0 Å². The number of esters is 1. The molecule has 10 heteroatoms. The SMILES string of the molecule is CCOc1cc([N+](=O)[O-])c(C(=O)OC(C)c2nnc(-c3cccc(C)c3)o2)cc1OC. The van der Waals surface area contributed by atoms with Crippen LogP contribution in [-0.4, -0.2) is 34.8 Å². The first-order valence-electron chi connectivity index (χ1n) is 9.44. The molecule has 0 aliphatic rings. The van der Waals surface area contributed by atoms with Crippen molar-refractivity contribution in [3.05, 3.63) is 63.5 Å². The molecule has 1 unspecified atom stereocenters. The van der Waals surface area contributed by atoms with Crippen molar-refractivity contribution in [2.24, 2.45) is 0 Å². The Bertz CT molecular complexity index is 1110. The number of carbonyl (C=O) groups is 1. The molecule has 162 valence electrons. The summed E-state index contributed by atoms with van der Waals surface area (Å²) in [6.45, 7) is 5.46. The Morgan fingerprint density at radius 3 is 2.65 bits per heavy atom. The molecular formula is C21H21N3O7. The van der Waals surface area contributed by atoms with E-state index in [0.717, 1.165) is 17.2 Å². The van der Waals surface area contributed by atoms with Crippen molar-refractivity contribution in [1.29, 1.82) is 0 Å². The zero-order chi connectivity index (χ0) is 22.5. The lowest BCUT2D eigenvalue weighted by Gasteiger charge is -2.13. The average molecular weight is 427 g/mol. The molecule has 3 aromatic rings. The van der Waals surface area contributed by atoms with E-state index in [-0.39, 0.29) is 35.5 Å². The largest absolute Gasteiger partial charge is 0.493 e. The number of nitro benzene ring substituents is 1. The fourth-order valence-corrected chi connectivity index (χ4v) is 2.86. The second kappa shape index (κ2) is 9.24. The van der Waals surface area contributed by atoms with E-state index in [1.54, 1.807) is 6.92 Å². The number of rotatable bonds is 8. The molecule has 0 aliphatic carbocycles. The summed E-state index contributed by atoms with van der Waals surface area (Å²) in [5, 5.41) is 19.4. The Hall–Kier alpha value is -3.95. The number of benzene rings is 2. The van der Waals surface area contributed by atoms with Crippen molar-refractivity contribution >= 4 is 11.7 Å². The van der Waals surface area contributed by atoms with E-state index < -0.39 is 22.7 Å². The number of carbonyl (C=O) groups excluding carboxylic acids is 1. The van der Waals surface area contributed by atoms with Gasteiger partial charge in [0, 0.05) is 11.6 Å². The van der Waals surface area contributed by atoms with Gasteiger partial charge in [-0.3, -0.25) is 10.1 Å². The van der Waals surface area contributed by atoms with E-state index in [1.807, 2.05) is 31.2 Å². The second-order valence-electron chi connectivity index (χ2n) is 6.57. The van der Waals surface area contributed by atoms with E-state index in [1.165, 1.54) is 20.1 Å². The second-order valence-corrected chi connectivity index (χ2v) is 6.57. The Labute approximate surface area is 177 Å². The molecule has 0 spiro atoms. The molecule has 1 heterocycles. The van der Waals surface area contributed by atoms with Gasteiger partial charge in [-0.1, -0.05) is 17.7 Å². The highest BCUT2D eigenvalue weighted by atomic mass is 16.6. The van der Waals surface area contributed by atoms with Gasteiger partial charge in [0.25, 0.3) is 11.6 Å². The summed E-state index contributed by atoms with van der Waals surface area (Å²) in [7, 11) is 1.37. The highest BCUT2D eigenvalue weighted by molar-refractivity contribution is 5.95. The number of nitro groups is 1. The molecule has 0 radical (unpaired) electrons. The molecule has 1 atom stereocenters. The van der Waals surface area contributed by atoms with Crippen LogP contribution in [0.4, 0.5) is 5.69 Å². The summed E-state index contributed by atoms with van der Waals surface area (Å²) in [5.41, 5.74) is 1.00. The van der Waals surface area contributed by atoms with Crippen molar-refractivity contribution in [2.45, 2.75) is 26.9 Å². The lowest BCUT2D eigenvalue weighted by molar-refractivity contribution is -0.385. The lowest BCUT2D eigenvalue weighted by atomic mass is 10.1. The number of methoxy groups -OCH3 is 1. The van der Waals surface area contributed by atoms with E-state index >= 15 is 0 Å². The first kappa shape index (κ1) is 21.8. The molecule has 1 aromatic heterocycles. The van der Waals surface area contributed by atoms with Gasteiger partial charge in [-0.05, 0) is 32.9 Å². The average Bonchev–Trinajstić information content (AvgIpc) is 3.24. The van der Waals surface area contributed by atoms with Crippen LogP contribution in [0.15, 0.2) is 40.8 Å². The highest BCUT2D eigenvalue weighted by Crippen LogP contribution is 2.36. The van der Waals surface area contributed by atoms with Gasteiger partial charge in [0.1, 0.15) is 5.56 Å². The lowest BCUT2D eigenvalue weighted by Crippen LogP contribution is -2.12. The topological polar surface area (TPSA) is 127 Å². The molecular weight excluding hydrogens is 406 g/mol. The van der Waals surface area contributed by atoms with Crippen molar-refractivity contribution in [1.82, 2.24) is 10.2 Å². The molecule has 0 aliphatic heterocycles. The summed E-state index contributed by atoms with van der Waals surface area (Å²) >= 11 is 0. The van der Waals surface area contributed by atoms with Crippen LogP contribution < -0.4 is 9.47 Å². The molecule has 0 fully saturated rings. The maximum absolute atomic E-state index is 12.7. The van der Waals surface area contributed by atoms with Crippen LogP contribution in [0.1, 0.15) is 41.8 Å². The smallest absolute Gasteiger partial charge is 0.346 e. The number of ether oxygens (including phenoxy) is 3. The third kappa shape index (κ3) is 4.80. The summed E-state index contributed by atoms with van der Waals surface area (Å²) < 4.78 is 21.5. The standard InChI is InChI=1S/C21H21N3O7/c1-5-29-18-11-16(24(26)27)15(10-17(18)28-4)21(25)30-13(3)19-22-23-20(31-19)14-8-6-7-12(2)9-14/h6-11,13H,5H2,1-4H3. The summed E-state index contributed by atoms with van der Waals surface area (Å²) in [6, 6.07) is 9.83. The number of aryl methyl sites for hydroxylation is 1. The minimum Gasteiger partial charge on any atom is -0.493 e. The van der Waals surface area contributed by atoms with Crippen LogP contribution in [-0.2, 0) is 4.74 Å². The molecule has 0 saturated carbocycles. The van der Waals surface area contributed by atoms with Gasteiger partial charge in [-0.2, -0.15) is 0 Å². The van der Waals surface area contributed by atoms with E-state index in [0.29, 0.717) is 0 Å². The molecule has 31 heavy (non-hydrogen) atoms. The van der Waals surface area contributed by atoms with Gasteiger partial charge in [0.05, 0.1) is 24.7 Å². The van der Waals surface area contributed by atoms with Gasteiger partial charge in [0.2, 0.25) is 5.89 Å². The summed E-state index contributed by atoms with van der Waals surface area (Å²) in [5.74, 6) is -0.274. The van der Waals surface area contributed by atoms with E-state index in [2.05, 4.69) is 10.2 Å². The highest BCUT2D eigenvalue weighted by Gasteiger charge is 2.28. The van der Waals surface area contributed by atoms with E-state index in [4.69, 9.17) is 18.6 Å². The molecule has 0 saturated heterocycles. The molecule has 2 aromatic carbocycles. The number of hydrogen-bond donors (Lipinski definition) is 0. The quantitative estimate of drug-likeness (QED) is 0.294. The Kier molecular flexibility index (Phi) is 6.49. The Morgan fingerprint density at radius 1 is 1.23 bits per heavy atom. The number of nitrogens with zero attached hydrogens (tertiary/aromatic N) is 3. The third-order valence-electron chi connectivity index (χ3n) is 4.34. The Morgan fingerprint density at radius 2 is 2.00 bits per heavy atom. The van der Waals surface area contributed by atoms with E-state index in [9.17, 15) is 14.9 Å². The minimum atomic E-state index is -0.935. The van der Waals surface area contributed by atoms with Crippen molar-refractivity contribution < 1.29 is 28.3 Å². The van der Waals surface area contributed by atoms with Crippen molar-refractivity contribution in [3.8, 4) is 23.0 Å². The third-order valence-corrected chi connectivity index (χ3v) is 4.34. The first-order chi connectivity index (χ1) is 14.8. The van der Waals surface area contributed by atoms with Crippen LogP contribution in [0.2, 0.25) is 0 Å². The van der Waals surface area contributed by atoms with Crippen LogP contribution in [0.5, 0.6) is 11.5 Å². The fraction of sp³-hybridized carbons (Fsp3) is 0.286. The van der Waals surface area contributed by atoms with Gasteiger partial charge >= 0.3 is 5.97 Å². The number of aromatic nitrogens is 2. The van der Waals surface area contributed by atoms with Gasteiger partial charge in [-0.25, -0.2) is 4.79 Å². The predicted octanol–water partition coefficient (Wildman–Crippen LogP) is 4.28. The van der Waals surface area contributed by atoms with Gasteiger partial charge < -0.3 is 18.6 Å². The molecule has 3 rings (SSSR count). The van der Waals surface area contributed by atoms with Crippen LogP contribution in [0.3, 0.4) is 0 Å². The van der Waals surface area contributed by atoms with Crippen LogP contribution >= 0.6 is 0 Å². The maximum Gasteiger partial charge on any atom is 0.346 e. The number of hydrogen-bond acceptors (Lipinski definition) is 9. The molecule has 10 nitrogen and oxygen atoms in total. The predicted molar refractivity (Wildman–Crippen MR) is 109 cm³/mol. The van der Waals surface area contributed by atoms with Gasteiger partial charge in [-0.15, -0.1) is 10.2 Å².